The molecule has 1 atom stereocenters. The van der Waals surface area contributed by atoms with Crippen LogP contribution in [0, 0.1) is 5.82 Å². The van der Waals surface area contributed by atoms with E-state index in [1.165, 1.54) is 35.5 Å². The van der Waals surface area contributed by atoms with Crippen LogP contribution in [-0.2, 0) is 0 Å². The van der Waals surface area contributed by atoms with E-state index in [9.17, 15) is 14.0 Å². The molecule has 0 fully saturated rings. The Morgan fingerprint density at radius 1 is 1.00 bits per heavy atom. The van der Waals surface area contributed by atoms with Crippen molar-refractivity contribution in [3.63, 3.8) is 0 Å². The molecule has 0 bridgehead atoms. The van der Waals surface area contributed by atoms with Crippen molar-refractivity contribution in [3.05, 3.63) is 129 Å². The SMILES string of the molecule is O=C(c1ccc(F)cc1)N1N=C(c2c(-c3ccccc3)c3cc(Cl)ccc3[nH]c2=O)CC1c1ccco1. The van der Waals surface area contributed by atoms with Gasteiger partial charge in [-0.3, -0.25) is 9.59 Å². The van der Waals surface area contributed by atoms with Gasteiger partial charge >= 0.3 is 0 Å². The van der Waals surface area contributed by atoms with Crippen LogP contribution in [0.4, 0.5) is 4.39 Å². The summed E-state index contributed by atoms with van der Waals surface area (Å²) in [6.07, 6.45) is 1.77. The van der Waals surface area contributed by atoms with E-state index in [0.717, 1.165) is 10.9 Å². The van der Waals surface area contributed by atoms with Crippen LogP contribution >= 0.6 is 11.6 Å². The zero-order chi connectivity index (χ0) is 25.5. The lowest BCUT2D eigenvalue weighted by atomic mass is 9.92. The van der Waals surface area contributed by atoms with Crippen molar-refractivity contribution >= 4 is 34.1 Å². The van der Waals surface area contributed by atoms with Gasteiger partial charge in [-0.15, -0.1) is 0 Å². The van der Waals surface area contributed by atoms with Gasteiger partial charge in [-0.05, 0) is 60.2 Å². The van der Waals surface area contributed by atoms with Crippen LogP contribution < -0.4 is 5.56 Å². The molecule has 3 heterocycles. The number of pyridine rings is 1. The third-order valence-electron chi connectivity index (χ3n) is 6.41. The molecule has 0 aliphatic carbocycles. The van der Waals surface area contributed by atoms with Gasteiger partial charge in [0.15, 0.2) is 0 Å². The van der Waals surface area contributed by atoms with Gasteiger partial charge in [-0.1, -0.05) is 41.9 Å². The molecule has 6 rings (SSSR count). The van der Waals surface area contributed by atoms with Gasteiger partial charge in [0.2, 0.25) is 0 Å². The van der Waals surface area contributed by atoms with Crippen LogP contribution in [0.1, 0.15) is 34.1 Å². The first-order valence-electron chi connectivity index (χ1n) is 11.6. The van der Waals surface area contributed by atoms with Gasteiger partial charge in [0.1, 0.15) is 17.6 Å². The molecule has 37 heavy (non-hydrogen) atoms. The van der Waals surface area contributed by atoms with E-state index in [-0.39, 0.29) is 17.5 Å². The van der Waals surface area contributed by atoms with Crippen molar-refractivity contribution in [2.45, 2.75) is 12.5 Å². The summed E-state index contributed by atoms with van der Waals surface area (Å²) in [4.78, 5) is 30.0. The van der Waals surface area contributed by atoms with Crippen molar-refractivity contribution < 1.29 is 13.6 Å². The van der Waals surface area contributed by atoms with Gasteiger partial charge < -0.3 is 9.40 Å². The monoisotopic (exact) mass is 511 g/mol. The Bertz CT molecular complexity index is 1710. The molecule has 1 amide bonds. The highest BCUT2D eigenvalue weighted by molar-refractivity contribution is 6.31. The molecular weight excluding hydrogens is 493 g/mol. The lowest BCUT2D eigenvalue weighted by Crippen LogP contribution is -2.26. The number of hydrogen-bond acceptors (Lipinski definition) is 4. The number of aromatic nitrogens is 1. The average Bonchev–Trinajstić information content (AvgIpc) is 3.59. The molecule has 0 radical (unpaired) electrons. The fourth-order valence-corrected chi connectivity index (χ4v) is 4.89. The minimum absolute atomic E-state index is 0.245. The molecule has 0 saturated heterocycles. The van der Waals surface area contributed by atoms with Crippen LogP contribution in [-0.4, -0.2) is 21.6 Å². The smallest absolute Gasteiger partial charge is 0.274 e. The maximum Gasteiger partial charge on any atom is 0.274 e. The number of benzene rings is 3. The van der Waals surface area contributed by atoms with Crippen LogP contribution in [0.5, 0.6) is 0 Å². The third kappa shape index (κ3) is 4.13. The van der Waals surface area contributed by atoms with E-state index in [0.29, 0.717) is 33.1 Å². The topological polar surface area (TPSA) is 78.7 Å². The first-order valence-corrected chi connectivity index (χ1v) is 12.0. The Morgan fingerprint density at radius 2 is 1.78 bits per heavy atom. The van der Waals surface area contributed by atoms with Crippen molar-refractivity contribution in [2.24, 2.45) is 5.10 Å². The van der Waals surface area contributed by atoms with Crippen molar-refractivity contribution in [1.82, 2.24) is 9.99 Å². The average molecular weight is 512 g/mol. The van der Waals surface area contributed by atoms with Crippen LogP contribution in [0.2, 0.25) is 5.02 Å². The highest BCUT2D eigenvalue weighted by Crippen LogP contribution is 2.38. The largest absolute Gasteiger partial charge is 0.467 e. The molecule has 8 heteroatoms. The van der Waals surface area contributed by atoms with Gasteiger partial charge in [0.05, 0.1) is 17.5 Å². The van der Waals surface area contributed by atoms with Gasteiger partial charge in [-0.2, -0.15) is 5.10 Å². The number of aromatic amines is 1. The van der Waals surface area contributed by atoms with Crippen LogP contribution in [0.15, 0.2) is 106 Å². The number of rotatable bonds is 4. The van der Waals surface area contributed by atoms with Crippen molar-refractivity contribution in [2.75, 3.05) is 0 Å². The summed E-state index contributed by atoms with van der Waals surface area (Å²) in [5.74, 6) is -0.354. The number of carbonyl (C=O) groups excluding carboxylic acids is 1. The number of amides is 1. The number of nitrogens with one attached hydrogen (secondary N) is 1. The first-order chi connectivity index (χ1) is 18.0. The number of furan rings is 1. The summed E-state index contributed by atoms with van der Waals surface area (Å²) in [5.41, 5.74) is 2.85. The summed E-state index contributed by atoms with van der Waals surface area (Å²) >= 11 is 6.35. The summed E-state index contributed by atoms with van der Waals surface area (Å²) in [5, 5.41) is 7.25. The zero-order valence-electron chi connectivity index (χ0n) is 19.3. The Morgan fingerprint density at radius 3 is 2.51 bits per heavy atom. The Balaban J connectivity index is 1.56. The van der Waals surface area contributed by atoms with E-state index in [1.807, 2.05) is 30.3 Å². The van der Waals surface area contributed by atoms with Gasteiger partial charge in [-0.25, -0.2) is 9.40 Å². The second kappa shape index (κ2) is 9.19. The van der Waals surface area contributed by atoms with Crippen molar-refractivity contribution in [3.8, 4) is 11.1 Å². The van der Waals surface area contributed by atoms with Crippen LogP contribution in [0.25, 0.3) is 22.0 Å². The second-order valence-corrected chi connectivity index (χ2v) is 9.14. The number of carbonyl (C=O) groups is 1. The number of fused-ring (bicyclic) bond motifs is 1. The fourth-order valence-electron chi connectivity index (χ4n) is 4.72. The van der Waals surface area contributed by atoms with E-state index >= 15 is 0 Å². The van der Waals surface area contributed by atoms with E-state index in [1.54, 1.807) is 30.3 Å². The molecule has 1 aliphatic rings. The lowest BCUT2D eigenvalue weighted by molar-refractivity contribution is 0.0693. The second-order valence-electron chi connectivity index (χ2n) is 8.70. The molecule has 1 unspecified atom stereocenters. The molecule has 2 aromatic heterocycles. The Labute approximate surface area is 215 Å². The maximum atomic E-state index is 13.5. The normalized spacial score (nSPS) is 15.2. The highest BCUT2D eigenvalue weighted by atomic mass is 35.5. The summed E-state index contributed by atoms with van der Waals surface area (Å²) in [7, 11) is 0. The number of hydrogen-bond donors (Lipinski definition) is 1. The quantitative estimate of drug-likeness (QED) is 0.296. The fraction of sp³-hybridized carbons (Fsp3) is 0.0690. The lowest BCUT2D eigenvalue weighted by Gasteiger charge is -2.19. The molecule has 3 aromatic carbocycles. The van der Waals surface area contributed by atoms with Gasteiger partial charge in [0, 0.05) is 33.5 Å². The number of hydrazone groups is 1. The number of H-pyrrole nitrogens is 1. The summed E-state index contributed by atoms with van der Waals surface area (Å²) in [6.45, 7) is 0. The molecule has 0 saturated carbocycles. The molecule has 5 aromatic rings. The maximum absolute atomic E-state index is 13.5. The minimum Gasteiger partial charge on any atom is -0.467 e. The third-order valence-corrected chi connectivity index (χ3v) is 6.64. The summed E-state index contributed by atoms with van der Waals surface area (Å²) < 4.78 is 19.1. The molecule has 6 nitrogen and oxygen atoms in total. The number of nitrogens with zero attached hydrogens (tertiary/aromatic N) is 2. The minimum atomic E-state index is -0.583. The van der Waals surface area contributed by atoms with E-state index in [4.69, 9.17) is 16.0 Å². The standard InChI is InChI=1S/C29H19ClFN3O3/c30-19-10-13-22-21(15-19)26(17-5-2-1-3-6-17)27(28(35)32-22)23-16-24(25-7-4-14-37-25)34(33-23)29(36)18-8-11-20(31)12-9-18/h1-15,24H,16H2,(H,32,35). The molecule has 1 aliphatic heterocycles. The summed E-state index contributed by atoms with van der Waals surface area (Å²) in [6, 6.07) is 23.0. The predicted octanol–water partition coefficient (Wildman–Crippen LogP) is 6.57. The zero-order valence-corrected chi connectivity index (χ0v) is 20.1. The predicted molar refractivity (Wildman–Crippen MR) is 140 cm³/mol. The van der Waals surface area contributed by atoms with Gasteiger partial charge in [0.25, 0.3) is 11.5 Å². The molecular formula is C29H19ClFN3O3. The Hall–Kier alpha value is -4.49. The molecule has 0 spiro atoms. The van der Waals surface area contributed by atoms with Crippen LogP contribution in [0.3, 0.4) is 0 Å². The first kappa shape index (κ1) is 22.9. The van der Waals surface area contributed by atoms with E-state index in [2.05, 4.69) is 10.1 Å². The van der Waals surface area contributed by atoms with E-state index < -0.39 is 17.8 Å². The molecule has 1 N–H and O–H groups in total. The van der Waals surface area contributed by atoms with Crippen molar-refractivity contribution in [1.29, 1.82) is 0 Å². The molecule has 182 valence electrons. The Kier molecular flexibility index (Phi) is 5.70. The highest BCUT2D eigenvalue weighted by Gasteiger charge is 2.37. The number of halogens is 2.